The molecule has 1 heterocycles. The quantitative estimate of drug-likeness (QED) is 0.470. The van der Waals surface area contributed by atoms with Gasteiger partial charge in [0.2, 0.25) is 0 Å². The van der Waals surface area contributed by atoms with Crippen molar-refractivity contribution >= 4 is 5.97 Å². The molecule has 0 aromatic heterocycles. The van der Waals surface area contributed by atoms with Crippen molar-refractivity contribution in [3.63, 3.8) is 0 Å². The van der Waals surface area contributed by atoms with Crippen molar-refractivity contribution in [3.05, 3.63) is 48.0 Å². The number of hydrogen-bond donors (Lipinski definition) is 0. The first-order valence-electron chi connectivity index (χ1n) is 4.78. The van der Waals surface area contributed by atoms with Crippen LogP contribution >= 0.6 is 0 Å². The first kappa shape index (κ1) is 9.54. The zero-order valence-electron chi connectivity index (χ0n) is 8.14. The van der Waals surface area contributed by atoms with E-state index in [1.165, 1.54) is 6.08 Å². The Bertz CT molecular complexity index is 435. The SMILES string of the molecule is O=C1C=CC[C@H](C#Cc2ccccc2)O1. The molecule has 0 unspecified atom stereocenters. The Morgan fingerprint density at radius 2 is 2.07 bits per heavy atom. The summed E-state index contributed by atoms with van der Waals surface area (Å²) in [5.41, 5.74) is 0.933. The minimum absolute atomic E-state index is 0.303. The Labute approximate surface area is 88.6 Å². The van der Waals surface area contributed by atoms with Gasteiger partial charge in [0.15, 0.2) is 6.10 Å². The first-order valence-corrected chi connectivity index (χ1v) is 4.78. The largest absolute Gasteiger partial charge is 0.446 e. The molecule has 1 aromatic rings. The van der Waals surface area contributed by atoms with Gasteiger partial charge < -0.3 is 4.74 Å². The van der Waals surface area contributed by atoms with Crippen LogP contribution in [0.1, 0.15) is 12.0 Å². The topological polar surface area (TPSA) is 26.3 Å². The van der Waals surface area contributed by atoms with Gasteiger partial charge in [0.05, 0.1) is 0 Å². The van der Waals surface area contributed by atoms with Crippen molar-refractivity contribution in [2.75, 3.05) is 0 Å². The lowest BCUT2D eigenvalue weighted by Gasteiger charge is -2.11. The molecule has 1 aliphatic rings. The summed E-state index contributed by atoms with van der Waals surface area (Å²) in [6, 6.07) is 9.64. The fraction of sp³-hybridized carbons (Fsp3) is 0.154. The van der Waals surface area contributed by atoms with Crippen molar-refractivity contribution in [1.29, 1.82) is 0 Å². The van der Waals surface area contributed by atoms with Crippen LogP contribution in [0.5, 0.6) is 0 Å². The van der Waals surface area contributed by atoms with E-state index in [4.69, 9.17) is 4.74 Å². The van der Waals surface area contributed by atoms with Crippen molar-refractivity contribution in [3.8, 4) is 11.8 Å². The molecule has 2 heteroatoms. The monoisotopic (exact) mass is 198 g/mol. The normalized spacial score (nSPS) is 18.9. The van der Waals surface area contributed by atoms with Gasteiger partial charge in [-0.3, -0.25) is 0 Å². The fourth-order valence-corrected chi connectivity index (χ4v) is 1.29. The molecule has 1 atom stereocenters. The number of carbonyl (C=O) groups is 1. The Hall–Kier alpha value is -2.01. The van der Waals surface area contributed by atoms with E-state index in [-0.39, 0.29) is 12.1 Å². The molecule has 0 fully saturated rings. The van der Waals surface area contributed by atoms with Crippen LogP contribution in [0, 0.1) is 11.8 Å². The molecule has 0 saturated heterocycles. The Kier molecular flexibility index (Phi) is 2.85. The number of ether oxygens (including phenoxy) is 1. The maximum absolute atomic E-state index is 10.9. The molecule has 15 heavy (non-hydrogen) atoms. The highest BCUT2D eigenvalue weighted by Crippen LogP contribution is 2.06. The third kappa shape index (κ3) is 2.72. The van der Waals surface area contributed by atoms with Gasteiger partial charge in [0.1, 0.15) is 0 Å². The van der Waals surface area contributed by atoms with Crippen LogP contribution in [0.15, 0.2) is 42.5 Å². The van der Waals surface area contributed by atoms with E-state index in [1.807, 2.05) is 30.3 Å². The molecule has 0 aliphatic carbocycles. The number of carbonyl (C=O) groups excluding carboxylic acids is 1. The molecular weight excluding hydrogens is 188 g/mol. The number of esters is 1. The zero-order valence-corrected chi connectivity index (χ0v) is 8.14. The van der Waals surface area contributed by atoms with Gasteiger partial charge in [-0.15, -0.1) is 0 Å². The molecule has 0 spiro atoms. The third-order valence-corrected chi connectivity index (χ3v) is 2.01. The molecule has 2 nitrogen and oxygen atoms in total. The number of rotatable bonds is 0. The molecule has 1 aromatic carbocycles. The van der Waals surface area contributed by atoms with Crippen molar-refractivity contribution in [1.82, 2.24) is 0 Å². The first-order chi connectivity index (χ1) is 7.34. The van der Waals surface area contributed by atoms with Crippen LogP contribution in [0.4, 0.5) is 0 Å². The summed E-state index contributed by atoms with van der Waals surface area (Å²) in [6.45, 7) is 0. The van der Waals surface area contributed by atoms with Crippen molar-refractivity contribution < 1.29 is 9.53 Å². The van der Waals surface area contributed by atoms with Crippen molar-refractivity contribution in [2.24, 2.45) is 0 Å². The number of cyclic esters (lactones) is 1. The van der Waals surface area contributed by atoms with Crippen LogP contribution in [-0.2, 0) is 9.53 Å². The van der Waals surface area contributed by atoms with Gasteiger partial charge in [0.25, 0.3) is 0 Å². The maximum Gasteiger partial charge on any atom is 0.331 e. The molecule has 0 bridgehead atoms. The molecular formula is C13H10O2. The van der Waals surface area contributed by atoms with Crippen LogP contribution < -0.4 is 0 Å². The zero-order chi connectivity index (χ0) is 10.5. The van der Waals surface area contributed by atoms with Gasteiger partial charge in [0, 0.05) is 18.1 Å². The van der Waals surface area contributed by atoms with Crippen LogP contribution in [0.25, 0.3) is 0 Å². The predicted molar refractivity (Wildman–Crippen MR) is 57.0 cm³/mol. The predicted octanol–water partition coefficient (Wildman–Crippen LogP) is 1.91. The van der Waals surface area contributed by atoms with E-state index in [0.29, 0.717) is 6.42 Å². The maximum atomic E-state index is 10.9. The van der Waals surface area contributed by atoms with Gasteiger partial charge in [-0.2, -0.15) is 0 Å². The van der Waals surface area contributed by atoms with E-state index in [2.05, 4.69) is 11.8 Å². The second kappa shape index (κ2) is 4.47. The van der Waals surface area contributed by atoms with E-state index in [1.54, 1.807) is 6.08 Å². The van der Waals surface area contributed by atoms with Crippen LogP contribution in [0.3, 0.4) is 0 Å². The highest BCUT2D eigenvalue weighted by molar-refractivity contribution is 5.83. The van der Waals surface area contributed by atoms with Gasteiger partial charge in [-0.05, 0) is 12.1 Å². The summed E-state index contributed by atoms with van der Waals surface area (Å²) >= 11 is 0. The fourth-order valence-electron chi connectivity index (χ4n) is 1.29. The van der Waals surface area contributed by atoms with E-state index < -0.39 is 0 Å². The highest BCUT2D eigenvalue weighted by Gasteiger charge is 2.12. The molecule has 74 valence electrons. The Balaban J connectivity index is 2.06. The van der Waals surface area contributed by atoms with E-state index in [0.717, 1.165) is 5.56 Å². The summed E-state index contributed by atoms with van der Waals surface area (Å²) < 4.78 is 5.01. The van der Waals surface area contributed by atoms with Gasteiger partial charge in [-0.25, -0.2) is 4.79 Å². The Morgan fingerprint density at radius 3 is 2.80 bits per heavy atom. The lowest BCUT2D eigenvalue weighted by Crippen LogP contribution is -2.17. The minimum atomic E-state index is -0.311. The van der Waals surface area contributed by atoms with E-state index >= 15 is 0 Å². The van der Waals surface area contributed by atoms with Gasteiger partial charge >= 0.3 is 5.97 Å². The number of hydrogen-bond acceptors (Lipinski definition) is 2. The summed E-state index contributed by atoms with van der Waals surface area (Å²) in [5.74, 6) is 5.59. The van der Waals surface area contributed by atoms with Crippen LogP contribution in [-0.4, -0.2) is 12.1 Å². The van der Waals surface area contributed by atoms with Gasteiger partial charge in [-0.1, -0.05) is 36.1 Å². The standard InChI is InChI=1S/C13H10O2/c14-13-8-4-7-12(15-13)10-9-11-5-2-1-3-6-11/h1-6,8,12H,7H2/t12-/m1/s1. The van der Waals surface area contributed by atoms with Crippen molar-refractivity contribution in [2.45, 2.75) is 12.5 Å². The molecule has 2 rings (SSSR count). The molecule has 0 radical (unpaired) electrons. The highest BCUT2D eigenvalue weighted by atomic mass is 16.5. The summed E-state index contributed by atoms with van der Waals surface area (Å²) in [7, 11) is 0. The average Bonchev–Trinajstić information content (AvgIpc) is 2.28. The molecule has 0 N–H and O–H groups in total. The summed E-state index contributed by atoms with van der Waals surface area (Å²) in [4.78, 5) is 10.9. The number of benzene rings is 1. The second-order valence-electron chi connectivity index (χ2n) is 3.20. The second-order valence-corrected chi connectivity index (χ2v) is 3.20. The molecule has 1 aliphatic heterocycles. The smallest absolute Gasteiger partial charge is 0.331 e. The summed E-state index contributed by atoms with van der Waals surface area (Å²) in [6.07, 6.45) is 3.59. The molecule has 0 saturated carbocycles. The Morgan fingerprint density at radius 1 is 1.27 bits per heavy atom. The average molecular weight is 198 g/mol. The molecule has 0 amide bonds. The minimum Gasteiger partial charge on any atom is -0.446 e. The summed E-state index contributed by atoms with van der Waals surface area (Å²) in [5, 5.41) is 0. The van der Waals surface area contributed by atoms with Crippen LogP contribution in [0.2, 0.25) is 0 Å². The lowest BCUT2D eigenvalue weighted by atomic mass is 10.1. The third-order valence-electron chi connectivity index (χ3n) is 2.01. The lowest BCUT2D eigenvalue weighted by molar-refractivity contribution is -0.141. The van der Waals surface area contributed by atoms with E-state index in [9.17, 15) is 4.79 Å².